The van der Waals surface area contributed by atoms with Crippen molar-refractivity contribution in [3.8, 4) is 0 Å². The van der Waals surface area contributed by atoms with Gasteiger partial charge in [-0.1, -0.05) is 54.1 Å². The lowest BCUT2D eigenvalue weighted by molar-refractivity contribution is -0.120. The molecule has 0 saturated carbocycles. The quantitative estimate of drug-likeness (QED) is 0.415. The van der Waals surface area contributed by atoms with Gasteiger partial charge < -0.3 is 25.0 Å². The molecule has 220 valence electrons. The van der Waals surface area contributed by atoms with Gasteiger partial charge in [-0.15, -0.1) is 0 Å². The minimum atomic E-state index is -4.08. The van der Waals surface area contributed by atoms with Crippen LogP contribution in [-0.4, -0.2) is 57.4 Å². The Kier molecular flexibility index (Phi) is 9.10. The highest BCUT2D eigenvalue weighted by Crippen LogP contribution is 2.33. The first-order valence-corrected chi connectivity index (χ1v) is 15.5. The fourth-order valence-corrected chi connectivity index (χ4v) is 6.61. The van der Waals surface area contributed by atoms with Crippen LogP contribution < -0.4 is 15.5 Å². The van der Waals surface area contributed by atoms with Gasteiger partial charge in [0.15, 0.2) is 9.84 Å². The standard InChI is InChI=1S/C30H30ClN3O7S/c31-23-9-6-20(7-10-23)17-34-26-16-22(28(35)32-24-12-14-40-15-13-24)8-11-27(26)42(38,39)19-25(29(34)36)33-30(37)41-18-21-4-2-1-3-5-21/h1-11,16,24-25H,12-15,17-19H2,(H,32,35)(H,33,37)/t25-/m0/s1. The second-order valence-electron chi connectivity index (χ2n) is 10.1. The smallest absolute Gasteiger partial charge is 0.408 e. The minimum absolute atomic E-state index is 0.0270. The molecule has 1 atom stereocenters. The van der Waals surface area contributed by atoms with Gasteiger partial charge in [-0.25, -0.2) is 13.2 Å². The maximum Gasteiger partial charge on any atom is 0.408 e. The van der Waals surface area contributed by atoms with Gasteiger partial charge in [0, 0.05) is 29.8 Å². The number of nitrogens with zero attached hydrogens (tertiary/aromatic N) is 1. The van der Waals surface area contributed by atoms with E-state index in [1.165, 1.54) is 23.1 Å². The molecular weight excluding hydrogens is 582 g/mol. The molecular formula is C30H30ClN3O7S. The maximum absolute atomic E-state index is 13.9. The number of sulfone groups is 1. The molecule has 42 heavy (non-hydrogen) atoms. The van der Waals surface area contributed by atoms with Crippen molar-refractivity contribution in [2.45, 2.75) is 43.0 Å². The average Bonchev–Trinajstić information content (AvgIpc) is 3.06. The summed E-state index contributed by atoms with van der Waals surface area (Å²) in [6, 6.07) is 18.4. The fourth-order valence-electron chi connectivity index (χ4n) is 4.88. The topological polar surface area (TPSA) is 131 Å². The fraction of sp³-hybridized carbons (Fsp3) is 0.300. The van der Waals surface area contributed by atoms with Crippen LogP contribution >= 0.6 is 11.6 Å². The van der Waals surface area contributed by atoms with Crippen LogP contribution in [0.3, 0.4) is 0 Å². The summed E-state index contributed by atoms with van der Waals surface area (Å²) in [6.45, 7) is 0.999. The first-order chi connectivity index (χ1) is 20.2. The number of fused-ring (bicyclic) bond motifs is 1. The van der Waals surface area contributed by atoms with E-state index in [4.69, 9.17) is 21.1 Å². The van der Waals surface area contributed by atoms with E-state index in [0.29, 0.717) is 36.6 Å². The number of hydrogen-bond donors (Lipinski definition) is 2. The summed E-state index contributed by atoms with van der Waals surface area (Å²) < 4.78 is 37.7. The van der Waals surface area contributed by atoms with Crippen molar-refractivity contribution >= 4 is 45.0 Å². The van der Waals surface area contributed by atoms with Crippen molar-refractivity contribution in [2.24, 2.45) is 0 Å². The Morgan fingerprint density at radius 1 is 0.952 bits per heavy atom. The van der Waals surface area contributed by atoms with Gasteiger partial charge >= 0.3 is 6.09 Å². The number of alkyl carbamates (subject to hydrolysis) is 1. The Bertz CT molecular complexity index is 1560. The number of halogens is 1. The van der Waals surface area contributed by atoms with Crippen molar-refractivity contribution in [2.75, 3.05) is 23.9 Å². The number of hydrogen-bond acceptors (Lipinski definition) is 7. The minimum Gasteiger partial charge on any atom is -0.445 e. The zero-order valence-corrected chi connectivity index (χ0v) is 24.2. The molecule has 1 fully saturated rings. The van der Waals surface area contributed by atoms with Crippen molar-refractivity contribution in [1.82, 2.24) is 10.6 Å². The first kappa shape index (κ1) is 29.6. The molecule has 3 aromatic rings. The van der Waals surface area contributed by atoms with E-state index < -0.39 is 33.6 Å². The molecule has 0 spiro atoms. The van der Waals surface area contributed by atoms with E-state index in [-0.39, 0.29) is 41.2 Å². The Balaban J connectivity index is 1.45. The van der Waals surface area contributed by atoms with Gasteiger partial charge in [-0.05, 0) is 54.3 Å². The predicted octanol–water partition coefficient (Wildman–Crippen LogP) is 3.86. The Labute approximate surface area is 248 Å². The summed E-state index contributed by atoms with van der Waals surface area (Å²) in [5.74, 6) is -1.72. The van der Waals surface area contributed by atoms with E-state index in [9.17, 15) is 22.8 Å². The van der Waals surface area contributed by atoms with Crippen LogP contribution in [0.4, 0.5) is 10.5 Å². The van der Waals surface area contributed by atoms with Crippen molar-refractivity contribution in [1.29, 1.82) is 0 Å². The molecule has 5 rings (SSSR count). The summed E-state index contributed by atoms with van der Waals surface area (Å²) in [5.41, 5.74) is 1.66. The monoisotopic (exact) mass is 611 g/mol. The van der Waals surface area contributed by atoms with Crippen LogP contribution in [-0.2, 0) is 37.3 Å². The molecule has 2 heterocycles. The molecule has 3 aromatic carbocycles. The molecule has 0 radical (unpaired) electrons. The molecule has 2 aliphatic rings. The lowest BCUT2D eigenvalue weighted by atomic mass is 10.1. The average molecular weight is 612 g/mol. The Morgan fingerprint density at radius 2 is 1.67 bits per heavy atom. The second-order valence-corrected chi connectivity index (χ2v) is 12.6. The Morgan fingerprint density at radius 3 is 2.38 bits per heavy atom. The highest BCUT2D eigenvalue weighted by atomic mass is 35.5. The number of rotatable bonds is 7. The number of ether oxygens (including phenoxy) is 2. The summed E-state index contributed by atoms with van der Waals surface area (Å²) in [6.07, 6.45) is 0.404. The molecule has 0 unspecified atom stereocenters. The Hall–Kier alpha value is -3.93. The largest absolute Gasteiger partial charge is 0.445 e. The van der Waals surface area contributed by atoms with Crippen LogP contribution in [0.1, 0.15) is 34.3 Å². The van der Waals surface area contributed by atoms with Crippen LogP contribution in [0, 0.1) is 0 Å². The van der Waals surface area contributed by atoms with Gasteiger partial charge in [0.25, 0.3) is 11.8 Å². The zero-order chi connectivity index (χ0) is 29.7. The first-order valence-electron chi connectivity index (χ1n) is 13.5. The highest BCUT2D eigenvalue weighted by Gasteiger charge is 2.39. The number of amides is 3. The van der Waals surface area contributed by atoms with E-state index in [1.807, 2.05) is 6.07 Å². The molecule has 0 aliphatic carbocycles. The van der Waals surface area contributed by atoms with Crippen LogP contribution in [0.5, 0.6) is 0 Å². The predicted molar refractivity (Wildman–Crippen MR) is 156 cm³/mol. The molecule has 0 bridgehead atoms. The lowest BCUT2D eigenvalue weighted by Gasteiger charge is -2.26. The van der Waals surface area contributed by atoms with Crippen molar-refractivity contribution in [3.63, 3.8) is 0 Å². The molecule has 2 aliphatic heterocycles. The van der Waals surface area contributed by atoms with E-state index in [0.717, 1.165) is 5.56 Å². The van der Waals surface area contributed by atoms with Crippen molar-refractivity contribution in [3.05, 3.63) is 94.5 Å². The van der Waals surface area contributed by atoms with E-state index in [2.05, 4.69) is 10.6 Å². The van der Waals surface area contributed by atoms with Gasteiger partial charge in [0.05, 0.1) is 22.9 Å². The number of nitrogens with one attached hydrogen (secondary N) is 2. The normalized spacial score (nSPS) is 18.5. The van der Waals surface area contributed by atoms with Gasteiger partial charge in [0.2, 0.25) is 0 Å². The maximum atomic E-state index is 13.9. The third-order valence-electron chi connectivity index (χ3n) is 7.11. The number of benzene rings is 3. The molecule has 12 heteroatoms. The van der Waals surface area contributed by atoms with Gasteiger partial charge in [-0.3, -0.25) is 9.59 Å². The second kappa shape index (κ2) is 12.9. The number of anilines is 1. The van der Waals surface area contributed by atoms with E-state index in [1.54, 1.807) is 48.5 Å². The van der Waals surface area contributed by atoms with Crippen LogP contribution in [0.15, 0.2) is 77.7 Å². The van der Waals surface area contributed by atoms with Crippen molar-refractivity contribution < 1.29 is 32.3 Å². The third-order valence-corrected chi connectivity index (χ3v) is 9.15. The summed E-state index contributed by atoms with van der Waals surface area (Å²) in [5, 5.41) is 5.90. The molecule has 3 amide bonds. The highest BCUT2D eigenvalue weighted by molar-refractivity contribution is 7.91. The summed E-state index contributed by atoms with van der Waals surface area (Å²) in [7, 11) is -4.08. The van der Waals surface area contributed by atoms with E-state index >= 15 is 0 Å². The van der Waals surface area contributed by atoms with Crippen LogP contribution in [0.25, 0.3) is 0 Å². The molecule has 1 saturated heterocycles. The number of carbonyl (C=O) groups is 3. The van der Waals surface area contributed by atoms with Gasteiger partial charge in [0.1, 0.15) is 12.6 Å². The SMILES string of the molecule is O=C(N[C@H]1CS(=O)(=O)c2ccc(C(=O)NC3CCOCC3)cc2N(Cc2ccc(Cl)cc2)C1=O)OCc1ccccc1. The summed E-state index contributed by atoms with van der Waals surface area (Å²) >= 11 is 6.04. The zero-order valence-electron chi connectivity index (χ0n) is 22.6. The summed E-state index contributed by atoms with van der Waals surface area (Å²) in [4.78, 5) is 40.9. The molecule has 10 nitrogen and oxygen atoms in total. The van der Waals surface area contributed by atoms with Gasteiger partial charge in [-0.2, -0.15) is 0 Å². The third kappa shape index (κ3) is 7.10. The van der Waals surface area contributed by atoms with Crippen LogP contribution in [0.2, 0.25) is 5.02 Å². The molecule has 0 aromatic heterocycles. The molecule has 2 N–H and O–H groups in total. The number of carbonyl (C=O) groups excluding carboxylic acids is 3. The lowest BCUT2D eigenvalue weighted by Crippen LogP contribution is -2.50.